The highest BCUT2D eigenvalue weighted by Crippen LogP contribution is 2.20. The molecule has 0 saturated carbocycles. The number of aliphatic carboxylic acids is 1. The van der Waals surface area contributed by atoms with E-state index in [9.17, 15) is 24.3 Å². The van der Waals surface area contributed by atoms with Gasteiger partial charge in [0.05, 0.1) is 18.3 Å². The second kappa shape index (κ2) is 28.0. The highest BCUT2D eigenvalue weighted by Gasteiger charge is 2.32. The van der Waals surface area contributed by atoms with Crippen LogP contribution < -0.4 is 11.1 Å². The number of hydrogen-bond donors (Lipinski definition) is 3. The first kappa shape index (κ1) is 42.0. The molecule has 2 unspecified atom stereocenters. The van der Waals surface area contributed by atoms with Crippen LogP contribution in [0.1, 0.15) is 115 Å². The van der Waals surface area contributed by atoms with Crippen LogP contribution in [0, 0.1) is 11.8 Å². The minimum absolute atomic E-state index is 0.0162. The number of cyclic esters (lactones) is 2. The second-order valence-electron chi connectivity index (χ2n) is 12.0. The zero-order valence-corrected chi connectivity index (χ0v) is 29.1. The molecule has 1 fully saturated rings. The zero-order valence-electron chi connectivity index (χ0n) is 29.1. The Morgan fingerprint density at radius 2 is 1.40 bits per heavy atom. The number of allylic oxidation sites excluding steroid dienone is 4. The van der Waals surface area contributed by atoms with Crippen molar-refractivity contribution in [3.05, 3.63) is 96.1 Å². The highest BCUT2D eigenvalue weighted by atomic mass is 16.6. The highest BCUT2D eigenvalue weighted by molar-refractivity contribution is 5.94. The van der Waals surface area contributed by atoms with Crippen LogP contribution in [0.5, 0.6) is 0 Å². The van der Waals surface area contributed by atoms with Crippen LogP contribution in [0.3, 0.4) is 0 Å². The summed E-state index contributed by atoms with van der Waals surface area (Å²) in [5.41, 5.74) is 7.54. The Hall–Kier alpha value is -4.04. The number of nitrogens with two attached hydrogens (primary N) is 1. The fourth-order valence-electron chi connectivity index (χ4n) is 4.81. The molecule has 3 rings (SSSR count). The summed E-state index contributed by atoms with van der Waals surface area (Å²) in [7, 11) is 0. The normalized spacial score (nSPS) is 14.5. The van der Waals surface area contributed by atoms with Crippen molar-refractivity contribution >= 4 is 23.8 Å². The molecular formula is C40H58N2O6. The maximum absolute atomic E-state index is 11.9. The number of amides is 1. The summed E-state index contributed by atoms with van der Waals surface area (Å²) in [4.78, 5) is 45.2. The van der Waals surface area contributed by atoms with E-state index in [4.69, 9.17) is 5.73 Å². The number of carbonyl (C=O) groups is 4. The third-order valence-corrected chi connectivity index (χ3v) is 7.78. The Bertz CT molecular complexity index is 1210. The number of carboxylic acids is 1. The van der Waals surface area contributed by atoms with Crippen molar-refractivity contribution in [3.63, 3.8) is 0 Å². The summed E-state index contributed by atoms with van der Waals surface area (Å²) in [6.07, 6.45) is 21.2. The second-order valence-corrected chi connectivity index (χ2v) is 12.0. The average molecular weight is 663 g/mol. The first-order chi connectivity index (χ1) is 23.3. The topological polar surface area (TPSA) is 136 Å². The summed E-state index contributed by atoms with van der Waals surface area (Å²) in [5.74, 6) is -2.78. The molecule has 2 aromatic carbocycles. The fraction of sp³-hybridized carbons (Fsp3) is 0.500. The van der Waals surface area contributed by atoms with Crippen LogP contribution in [0.2, 0.25) is 0 Å². The SMILES string of the molecule is CCCCCC/C=C/CC(CC(=O)NCc1ccccc1)C(=O)O.CCCCCC/C=C/CC1CC(=O)OC1=O.NCc1ccccc1. The van der Waals surface area contributed by atoms with E-state index in [1.165, 1.54) is 50.5 Å². The molecule has 48 heavy (non-hydrogen) atoms. The lowest BCUT2D eigenvalue weighted by Gasteiger charge is -2.10. The molecule has 2 aromatic rings. The Morgan fingerprint density at radius 3 is 1.88 bits per heavy atom. The van der Waals surface area contributed by atoms with Gasteiger partial charge >= 0.3 is 17.9 Å². The lowest BCUT2D eigenvalue weighted by Crippen LogP contribution is -2.27. The molecule has 1 saturated heterocycles. The van der Waals surface area contributed by atoms with E-state index in [1.54, 1.807) is 0 Å². The largest absolute Gasteiger partial charge is 0.481 e. The summed E-state index contributed by atoms with van der Waals surface area (Å²) in [6, 6.07) is 19.6. The van der Waals surface area contributed by atoms with Crippen LogP contribution in [0.25, 0.3) is 0 Å². The van der Waals surface area contributed by atoms with Crippen LogP contribution >= 0.6 is 0 Å². The van der Waals surface area contributed by atoms with Crippen molar-refractivity contribution < 1.29 is 29.0 Å². The monoisotopic (exact) mass is 662 g/mol. The molecule has 8 nitrogen and oxygen atoms in total. The first-order valence-corrected chi connectivity index (χ1v) is 17.6. The number of rotatable bonds is 20. The quantitative estimate of drug-likeness (QED) is 0.0560. The van der Waals surface area contributed by atoms with Gasteiger partial charge in [-0.25, -0.2) is 0 Å². The van der Waals surface area contributed by atoms with Gasteiger partial charge in [-0.15, -0.1) is 0 Å². The number of esters is 2. The molecule has 0 aliphatic carbocycles. The van der Waals surface area contributed by atoms with Gasteiger partial charge in [-0.05, 0) is 49.7 Å². The molecule has 0 radical (unpaired) electrons. The molecule has 264 valence electrons. The number of unbranched alkanes of at least 4 members (excludes halogenated alkanes) is 8. The molecule has 4 N–H and O–H groups in total. The minimum Gasteiger partial charge on any atom is -0.481 e. The summed E-state index contributed by atoms with van der Waals surface area (Å²) >= 11 is 0. The van der Waals surface area contributed by atoms with Crippen molar-refractivity contribution in [2.45, 2.75) is 117 Å². The lowest BCUT2D eigenvalue weighted by molar-refractivity contribution is -0.153. The maximum Gasteiger partial charge on any atom is 0.317 e. The number of carboxylic acid groups (broad SMARTS) is 1. The molecule has 1 aliphatic heterocycles. The molecule has 0 bridgehead atoms. The van der Waals surface area contributed by atoms with Crippen molar-refractivity contribution in [1.29, 1.82) is 0 Å². The zero-order chi connectivity index (χ0) is 35.2. The summed E-state index contributed by atoms with van der Waals surface area (Å²) in [5, 5.41) is 12.0. The molecule has 8 heteroatoms. The predicted molar refractivity (Wildman–Crippen MR) is 193 cm³/mol. The van der Waals surface area contributed by atoms with Gasteiger partial charge in [0.2, 0.25) is 5.91 Å². The molecule has 0 spiro atoms. The number of nitrogens with one attached hydrogen (secondary N) is 1. The Labute approximate surface area is 288 Å². The summed E-state index contributed by atoms with van der Waals surface area (Å²) in [6.45, 7) is 5.44. The summed E-state index contributed by atoms with van der Waals surface area (Å²) < 4.78 is 4.47. The lowest BCUT2D eigenvalue weighted by atomic mass is 10.0. The standard InChI is InChI=1S/C20H29NO3.C13H20O3.C7H9N/c1-2-3-4-5-6-7-11-14-18(20(23)24)15-19(22)21-16-17-12-9-8-10-13-17;1-2-3-4-5-6-7-8-9-11-10-12(14)16-13(11)15;8-6-7-4-2-1-3-5-7/h7-13,18H,2-6,14-16H2,1H3,(H,21,22)(H,23,24);7-8,11H,2-6,9-10H2,1H3;1-5H,6,8H2/b11-7+;8-7+;. The van der Waals surface area contributed by atoms with E-state index in [-0.39, 0.29) is 36.6 Å². The first-order valence-electron chi connectivity index (χ1n) is 17.6. The van der Waals surface area contributed by atoms with Gasteiger partial charge in [-0.3, -0.25) is 19.2 Å². The average Bonchev–Trinajstić information content (AvgIpc) is 3.43. The molecule has 0 aromatic heterocycles. The Kier molecular flexibility index (Phi) is 24.5. The Balaban J connectivity index is 0.000000408. The van der Waals surface area contributed by atoms with E-state index in [0.717, 1.165) is 24.8 Å². The third kappa shape index (κ3) is 21.7. The van der Waals surface area contributed by atoms with Crippen LogP contribution in [-0.4, -0.2) is 28.9 Å². The van der Waals surface area contributed by atoms with E-state index in [0.29, 0.717) is 25.9 Å². The number of carbonyl (C=O) groups excluding carboxylic acids is 3. The molecule has 1 heterocycles. The van der Waals surface area contributed by atoms with Gasteiger partial charge in [0.25, 0.3) is 0 Å². The molecule has 1 amide bonds. The number of hydrogen-bond acceptors (Lipinski definition) is 6. The molecular weight excluding hydrogens is 604 g/mol. The van der Waals surface area contributed by atoms with Gasteiger partial charge in [0.1, 0.15) is 0 Å². The predicted octanol–water partition coefficient (Wildman–Crippen LogP) is 8.45. The number of benzene rings is 2. The van der Waals surface area contributed by atoms with Crippen molar-refractivity contribution in [2.24, 2.45) is 17.6 Å². The molecule has 2 atom stereocenters. The van der Waals surface area contributed by atoms with Crippen molar-refractivity contribution in [3.8, 4) is 0 Å². The van der Waals surface area contributed by atoms with Crippen LogP contribution in [0.4, 0.5) is 0 Å². The Morgan fingerprint density at radius 1 is 0.833 bits per heavy atom. The third-order valence-electron chi connectivity index (χ3n) is 7.78. The van der Waals surface area contributed by atoms with Gasteiger partial charge in [-0.2, -0.15) is 0 Å². The van der Waals surface area contributed by atoms with E-state index in [1.807, 2.05) is 78.9 Å². The van der Waals surface area contributed by atoms with Gasteiger partial charge < -0.3 is 20.9 Å². The smallest absolute Gasteiger partial charge is 0.317 e. The van der Waals surface area contributed by atoms with E-state index >= 15 is 0 Å². The fourth-order valence-corrected chi connectivity index (χ4v) is 4.81. The van der Waals surface area contributed by atoms with Gasteiger partial charge in [0.15, 0.2) is 0 Å². The minimum atomic E-state index is -0.916. The van der Waals surface area contributed by atoms with Crippen LogP contribution in [0.15, 0.2) is 85.0 Å². The van der Waals surface area contributed by atoms with Crippen LogP contribution in [-0.2, 0) is 37.0 Å². The van der Waals surface area contributed by atoms with Gasteiger partial charge in [0, 0.05) is 19.5 Å². The van der Waals surface area contributed by atoms with E-state index < -0.39 is 11.9 Å². The molecule has 1 aliphatic rings. The van der Waals surface area contributed by atoms with Crippen molar-refractivity contribution in [1.82, 2.24) is 5.32 Å². The van der Waals surface area contributed by atoms with E-state index in [2.05, 4.69) is 30.0 Å². The van der Waals surface area contributed by atoms with Crippen molar-refractivity contribution in [2.75, 3.05) is 0 Å². The number of ether oxygens (including phenoxy) is 1. The maximum atomic E-state index is 11.9. The van der Waals surface area contributed by atoms with Gasteiger partial charge in [-0.1, -0.05) is 137 Å².